The van der Waals surface area contributed by atoms with Gasteiger partial charge < -0.3 is 4.74 Å². The van der Waals surface area contributed by atoms with Gasteiger partial charge in [0.05, 0.1) is 10.4 Å². The number of ether oxygens (including phenoxy) is 1. The van der Waals surface area contributed by atoms with E-state index in [0.29, 0.717) is 12.5 Å². The first-order valence-electron chi connectivity index (χ1n) is 5.18. The number of hydrogen-bond acceptors (Lipinski definition) is 3. The topological polar surface area (TPSA) is 26.3 Å². The van der Waals surface area contributed by atoms with Crippen molar-refractivity contribution in [2.45, 2.75) is 32.1 Å². The summed E-state index contributed by atoms with van der Waals surface area (Å²) < 4.78 is 6.07. The molecule has 0 amide bonds. The molecule has 1 saturated carbocycles. The van der Waals surface area contributed by atoms with Crippen LogP contribution in [0.3, 0.4) is 0 Å². The summed E-state index contributed by atoms with van der Waals surface area (Å²) in [5.74, 6) is 0.405. The number of rotatable bonds is 3. The van der Waals surface area contributed by atoms with E-state index in [2.05, 4.69) is 22.0 Å². The van der Waals surface area contributed by atoms with Crippen LogP contribution >= 0.6 is 27.3 Å². The second-order valence-corrected chi connectivity index (χ2v) is 6.11. The highest BCUT2D eigenvalue weighted by Crippen LogP contribution is 2.42. The van der Waals surface area contributed by atoms with Gasteiger partial charge in [0.2, 0.25) is 0 Å². The van der Waals surface area contributed by atoms with E-state index in [9.17, 15) is 4.79 Å². The van der Waals surface area contributed by atoms with Crippen LogP contribution in [0.2, 0.25) is 0 Å². The van der Waals surface area contributed by atoms with Crippen molar-refractivity contribution < 1.29 is 9.53 Å². The van der Waals surface area contributed by atoms with Gasteiger partial charge in [-0.05, 0) is 53.2 Å². The standard InChI is InChI=1S/C11H13BrO2S/c1-2-14-11(13)10-8(6-9(12)15-10)7-4-3-5-7/h6-7H,2-5H2,1H3. The Morgan fingerprint density at radius 1 is 1.67 bits per heavy atom. The minimum Gasteiger partial charge on any atom is -0.462 e. The predicted octanol–water partition coefficient (Wildman–Crippen LogP) is 3.95. The number of hydrogen-bond donors (Lipinski definition) is 0. The van der Waals surface area contributed by atoms with E-state index in [1.54, 1.807) is 0 Å². The summed E-state index contributed by atoms with van der Waals surface area (Å²) in [6.45, 7) is 2.28. The number of thiophene rings is 1. The van der Waals surface area contributed by atoms with Crippen LogP contribution in [0, 0.1) is 0 Å². The predicted molar refractivity (Wildman–Crippen MR) is 64.6 cm³/mol. The van der Waals surface area contributed by atoms with Crippen molar-refractivity contribution in [3.8, 4) is 0 Å². The van der Waals surface area contributed by atoms with E-state index in [4.69, 9.17) is 4.74 Å². The van der Waals surface area contributed by atoms with E-state index in [1.165, 1.54) is 36.2 Å². The summed E-state index contributed by atoms with van der Waals surface area (Å²) >= 11 is 4.92. The van der Waals surface area contributed by atoms with Crippen LogP contribution in [0.1, 0.15) is 47.3 Å². The Hall–Kier alpha value is -0.350. The van der Waals surface area contributed by atoms with Crippen molar-refractivity contribution in [2.24, 2.45) is 0 Å². The first-order valence-corrected chi connectivity index (χ1v) is 6.79. The highest BCUT2D eigenvalue weighted by molar-refractivity contribution is 9.11. The maximum absolute atomic E-state index is 11.7. The number of carbonyl (C=O) groups is 1. The Balaban J connectivity index is 2.24. The van der Waals surface area contributed by atoms with Gasteiger partial charge in [-0.1, -0.05) is 6.42 Å². The van der Waals surface area contributed by atoms with Gasteiger partial charge in [-0.15, -0.1) is 11.3 Å². The van der Waals surface area contributed by atoms with Gasteiger partial charge in [0.25, 0.3) is 0 Å². The first-order chi connectivity index (χ1) is 7.22. The Morgan fingerprint density at radius 2 is 2.40 bits per heavy atom. The second-order valence-electron chi connectivity index (χ2n) is 3.68. The zero-order valence-corrected chi connectivity index (χ0v) is 11.0. The van der Waals surface area contributed by atoms with Crippen molar-refractivity contribution in [1.82, 2.24) is 0 Å². The minimum atomic E-state index is -0.171. The summed E-state index contributed by atoms with van der Waals surface area (Å²) in [6.07, 6.45) is 3.69. The molecule has 82 valence electrons. The first kappa shape index (κ1) is 11.1. The van der Waals surface area contributed by atoms with Crippen molar-refractivity contribution in [1.29, 1.82) is 0 Å². The summed E-state index contributed by atoms with van der Waals surface area (Å²) in [5, 5.41) is 0. The molecule has 4 heteroatoms. The van der Waals surface area contributed by atoms with Crippen molar-refractivity contribution in [3.05, 3.63) is 20.3 Å². The van der Waals surface area contributed by atoms with Gasteiger partial charge in [-0.3, -0.25) is 0 Å². The van der Waals surface area contributed by atoms with Gasteiger partial charge >= 0.3 is 5.97 Å². The number of esters is 1. The maximum atomic E-state index is 11.7. The van der Waals surface area contributed by atoms with Crippen LogP contribution in [0.15, 0.2) is 9.85 Å². The van der Waals surface area contributed by atoms with Crippen molar-refractivity contribution in [3.63, 3.8) is 0 Å². The molecule has 1 fully saturated rings. The van der Waals surface area contributed by atoms with Gasteiger partial charge in [0.1, 0.15) is 4.88 Å². The van der Waals surface area contributed by atoms with Crippen LogP contribution < -0.4 is 0 Å². The molecule has 0 aliphatic heterocycles. The average molecular weight is 289 g/mol. The molecule has 0 spiro atoms. The van der Waals surface area contributed by atoms with Crippen LogP contribution in [0.4, 0.5) is 0 Å². The van der Waals surface area contributed by atoms with Gasteiger partial charge in [-0.25, -0.2) is 4.79 Å². The fourth-order valence-electron chi connectivity index (χ4n) is 1.75. The van der Waals surface area contributed by atoms with E-state index >= 15 is 0 Å². The third-order valence-corrected chi connectivity index (χ3v) is 4.37. The molecule has 0 unspecified atom stereocenters. The molecule has 15 heavy (non-hydrogen) atoms. The molecule has 1 aromatic rings. The minimum absolute atomic E-state index is 0.171. The fourth-order valence-corrected chi connectivity index (χ4v) is 3.35. The summed E-state index contributed by atoms with van der Waals surface area (Å²) in [6, 6.07) is 2.07. The molecular weight excluding hydrogens is 276 g/mol. The highest BCUT2D eigenvalue weighted by Gasteiger charge is 2.27. The lowest BCUT2D eigenvalue weighted by Gasteiger charge is -2.25. The molecule has 2 rings (SSSR count). The zero-order valence-electron chi connectivity index (χ0n) is 8.59. The van der Waals surface area contributed by atoms with E-state index in [1.807, 2.05) is 6.92 Å². The van der Waals surface area contributed by atoms with Crippen molar-refractivity contribution >= 4 is 33.2 Å². The lowest BCUT2D eigenvalue weighted by atomic mass is 9.80. The normalized spacial score (nSPS) is 16.1. The summed E-state index contributed by atoms with van der Waals surface area (Å²) in [7, 11) is 0. The monoisotopic (exact) mass is 288 g/mol. The Bertz CT molecular complexity index is 369. The van der Waals surface area contributed by atoms with Crippen LogP contribution in [-0.4, -0.2) is 12.6 Å². The molecule has 1 aromatic heterocycles. The summed E-state index contributed by atoms with van der Waals surface area (Å²) in [4.78, 5) is 12.5. The average Bonchev–Trinajstić information content (AvgIpc) is 2.45. The molecule has 0 N–H and O–H groups in total. The molecule has 0 bridgehead atoms. The molecule has 1 aliphatic rings. The fraction of sp³-hybridized carbons (Fsp3) is 0.545. The molecule has 0 atom stereocenters. The molecule has 2 nitrogen and oxygen atoms in total. The van der Waals surface area contributed by atoms with Crippen LogP contribution in [-0.2, 0) is 4.74 Å². The molecule has 1 heterocycles. The largest absolute Gasteiger partial charge is 0.462 e. The SMILES string of the molecule is CCOC(=O)c1sc(Br)cc1C1CCC1. The third-order valence-electron chi connectivity index (χ3n) is 2.74. The molecule has 1 aliphatic carbocycles. The second kappa shape index (κ2) is 4.66. The molecule has 0 saturated heterocycles. The van der Waals surface area contributed by atoms with E-state index in [0.717, 1.165) is 8.66 Å². The summed E-state index contributed by atoms with van der Waals surface area (Å²) in [5.41, 5.74) is 1.18. The smallest absolute Gasteiger partial charge is 0.348 e. The third kappa shape index (κ3) is 2.26. The van der Waals surface area contributed by atoms with Gasteiger partial charge in [0, 0.05) is 0 Å². The van der Waals surface area contributed by atoms with Gasteiger partial charge in [0.15, 0.2) is 0 Å². The number of carbonyl (C=O) groups excluding carboxylic acids is 1. The Labute approximate surface area is 102 Å². The lowest BCUT2D eigenvalue weighted by molar-refractivity contribution is 0.0530. The molecular formula is C11H13BrO2S. The van der Waals surface area contributed by atoms with E-state index < -0.39 is 0 Å². The van der Waals surface area contributed by atoms with Crippen LogP contribution in [0.5, 0.6) is 0 Å². The Morgan fingerprint density at radius 3 is 2.93 bits per heavy atom. The van der Waals surface area contributed by atoms with Crippen LogP contribution in [0.25, 0.3) is 0 Å². The lowest BCUT2D eigenvalue weighted by Crippen LogP contribution is -2.13. The Kier molecular flexibility index (Phi) is 3.46. The van der Waals surface area contributed by atoms with Gasteiger partial charge in [-0.2, -0.15) is 0 Å². The zero-order chi connectivity index (χ0) is 10.8. The maximum Gasteiger partial charge on any atom is 0.348 e. The van der Waals surface area contributed by atoms with Crippen molar-refractivity contribution in [2.75, 3.05) is 6.61 Å². The highest BCUT2D eigenvalue weighted by atomic mass is 79.9. The quantitative estimate of drug-likeness (QED) is 0.787. The molecule has 0 radical (unpaired) electrons. The van der Waals surface area contributed by atoms with E-state index in [-0.39, 0.29) is 5.97 Å². The number of halogens is 1. The molecule has 0 aromatic carbocycles.